The van der Waals surface area contributed by atoms with Crippen molar-refractivity contribution in [3.63, 3.8) is 0 Å². The Bertz CT molecular complexity index is 603. The minimum absolute atomic E-state index is 0.122. The first-order chi connectivity index (χ1) is 10.9. The van der Waals surface area contributed by atoms with E-state index in [1.807, 2.05) is 6.92 Å². The van der Waals surface area contributed by atoms with E-state index >= 15 is 0 Å². The maximum atomic E-state index is 11.5. The van der Waals surface area contributed by atoms with E-state index in [9.17, 15) is 9.59 Å². The molecule has 0 bridgehead atoms. The Balaban J connectivity index is 2.80. The lowest BCUT2D eigenvalue weighted by molar-refractivity contribution is -0.139. The highest BCUT2D eigenvalue weighted by Gasteiger charge is 2.13. The Morgan fingerprint density at radius 3 is 2.61 bits per heavy atom. The molecule has 1 aromatic carbocycles. The van der Waals surface area contributed by atoms with Crippen LogP contribution in [0.2, 0.25) is 0 Å². The molecule has 23 heavy (non-hydrogen) atoms. The molecule has 0 spiro atoms. The van der Waals surface area contributed by atoms with Crippen molar-refractivity contribution in [2.75, 3.05) is 13.7 Å². The quantitative estimate of drug-likeness (QED) is 0.444. The molecule has 0 aliphatic heterocycles. The molecule has 126 valence electrons. The predicted octanol–water partition coefficient (Wildman–Crippen LogP) is 1.83. The van der Waals surface area contributed by atoms with E-state index in [2.05, 4.69) is 31.8 Å². The molecule has 1 aromatic rings. The molecule has 0 fully saturated rings. The van der Waals surface area contributed by atoms with Gasteiger partial charge in [-0.05, 0) is 54.4 Å². The van der Waals surface area contributed by atoms with Crippen LogP contribution in [0.3, 0.4) is 0 Å². The molecule has 2 amide bonds. The summed E-state index contributed by atoms with van der Waals surface area (Å²) in [5, 5.41) is 6.24. The number of carbonyl (C=O) groups is 2. The van der Waals surface area contributed by atoms with Crippen LogP contribution in [0, 0.1) is 0 Å². The van der Waals surface area contributed by atoms with Crippen LogP contribution >= 0.6 is 15.9 Å². The van der Waals surface area contributed by atoms with Crippen LogP contribution in [0.4, 0.5) is 0 Å². The van der Waals surface area contributed by atoms with Gasteiger partial charge in [-0.3, -0.25) is 9.59 Å². The lowest BCUT2D eigenvalue weighted by atomic mass is 10.2. The number of benzene rings is 1. The van der Waals surface area contributed by atoms with Crippen LogP contribution in [0.1, 0.15) is 26.3 Å². The third-order valence-corrected chi connectivity index (χ3v) is 3.13. The number of halogens is 1. The van der Waals surface area contributed by atoms with Crippen LogP contribution in [0.5, 0.6) is 11.5 Å². The molecular weight excluding hydrogens is 366 g/mol. The number of hydrazone groups is 1. The van der Waals surface area contributed by atoms with E-state index in [0.717, 1.165) is 0 Å². The number of rotatable bonds is 6. The fraction of sp³-hybridized carbons (Fsp3) is 0.400. The molecular formula is C15H20BrN3O4. The smallest absolute Gasteiger partial charge is 0.329 e. The number of nitrogens with zero attached hydrogens (tertiary/aromatic N) is 1. The maximum absolute atomic E-state index is 11.5. The monoisotopic (exact) mass is 385 g/mol. The van der Waals surface area contributed by atoms with Crippen molar-refractivity contribution in [1.29, 1.82) is 0 Å². The summed E-state index contributed by atoms with van der Waals surface area (Å²) >= 11 is 3.38. The largest absolute Gasteiger partial charge is 0.492 e. The first kappa shape index (κ1) is 19.0. The van der Waals surface area contributed by atoms with Gasteiger partial charge in [-0.25, -0.2) is 5.43 Å². The minimum atomic E-state index is -0.826. The lowest BCUT2D eigenvalue weighted by Gasteiger charge is -2.11. The molecule has 7 nitrogen and oxygen atoms in total. The van der Waals surface area contributed by atoms with Crippen LogP contribution in [0.15, 0.2) is 21.7 Å². The minimum Gasteiger partial charge on any atom is -0.492 e. The summed E-state index contributed by atoms with van der Waals surface area (Å²) in [6.07, 6.45) is 1.41. The van der Waals surface area contributed by atoms with Crippen LogP contribution in [-0.4, -0.2) is 37.8 Å². The van der Waals surface area contributed by atoms with E-state index in [-0.39, 0.29) is 6.04 Å². The Kier molecular flexibility index (Phi) is 7.53. The third-order valence-electron chi connectivity index (χ3n) is 2.54. The molecule has 0 unspecified atom stereocenters. The molecule has 0 atom stereocenters. The first-order valence-electron chi connectivity index (χ1n) is 7.03. The van der Waals surface area contributed by atoms with Crippen molar-refractivity contribution in [2.24, 2.45) is 5.10 Å². The normalized spacial score (nSPS) is 10.7. The molecule has 0 saturated heterocycles. The standard InChI is InChI=1S/C15H20BrN3O4/c1-5-23-12-7-10(6-11(16)13(12)22-4)8-17-19-15(21)14(20)18-9(2)3/h6-9H,5H2,1-4H3,(H,18,20)(H,19,21)/b17-8-. The van der Waals surface area contributed by atoms with Gasteiger partial charge in [0.15, 0.2) is 11.5 Å². The van der Waals surface area contributed by atoms with Crippen LogP contribution < -0.4 is 20.2 Å². The van der Waals surface area contributed by atoms with Gasteiger partial charge < -0.3 is 14.8 Å². The third kappa shape index (κ3) is 5.90. The average molecular weight is 386 g/mol. The zero-order valence-electron chi connectivity index (χ0n) is 13.5. The summed E-state index contributed by atoms with van der Waals surface area (Å²) in [4.78, 5) is 22.9. The van der Waals surface area contributed by atoms with Crippen molar-refractivity contribution in [3.05, 3.63) is 22.2 Å². The predicted molar refractivity (Wildman–Crippen MR) is 90.9 cm³/mol. The van der Waals surface area contributed by atoms with Gasteiger partial charge in [-0.2, -0.15) is 5.10 Å². The average Bonchev–Trinajstić information content (AvgIpc) is 2.46. The summed E-state index contributed by atoms with van der Waals surface area (Å²) < 4.78 is 11.4. The van der Waals surface area contributed by atoms with Gasteiger partial charge >= 0.3 is 11.8 Å². The zero-order chi connectivity index (χ0) is 17.4. The second-order valence-corrected chi connectivity index (χ2v) is 5.65. The van der Waals surface area contributed by atoms with E-state index in [0.29, 0.717) is 28.1 Å². The summed E-state index contributed by atoms with van der Waals surface area (Å²) in [5.41, 5.74) is 2.84. The van der Waals surface area contributed by atoms with Gasteiger partial charge in [0, 0.05) is 6.04 Å². The van der Waals surface area contributed by atoms with Gasteiger partial charge in [0.2, 0.25) is 0 Å². The number of hydrogen-bond donors (Lipinski definition) is 2. The summed E-state index contributed by atoms with van der Waals surface area (Å²) in [6, 6.07) is 3.35. The SMILES string of the molecule is CCOc1cc(/C=N\NC(=O)C(=O)NC(C)C)cc(Br)c1OC. The highest BCUT2D eigenvalue weighted by molar-refractivity contribution is 9.10. The maximum Gasteiger partial charge on any atom is 0.329 e. The van der Waals surface area contributed by atoms with E-state index in [1.54, 1.807) is 33.1 Å². The second kappa shape index (κ2) is 9.14. The van der Waals surface area contributed by atoms with Crippen molar-refractivity contribution >= 4 is 34.0 Å². The lowest BCUT2D eigenvalue weighted by Crippen LogP contribution is -2.41. The Morgan fingerprint density at radius 1 is 1.35 bits per heavy atom. The number of nitrogens with one attached hydrogen (secondary N) is 2. The number of ether oxygens (including phenoxy) is 2. The Labute approximate surface area is 143 Å². The van der Waals surface area contributed by atoms with E-state index in [1.165, 1.54) is 6.21 Å². The number of amides is 2. The molecule has 8 heteroatoms. The van der Waals surface area contributed by atoms with Gasteiger partial charge in [0.25, 0.3) is 0 Å². The van der Waals surface area contributed by atoms with Crippen molar-refractivity contribution in [1.82, 2.24) is 10.7 Å². The number of methoxy groups -OCH3 is 1. The van der Waals surface area contributed by atoms with Crippen molar-refractivity contribution in [3.8, 4) is 11.5 Å². The first-order valence-corrected chi connectivity index (χ1v) is 7.82. The van der Waals surface area contributed by atoms with Crippen molar-refractivity contribution < 1.29 is 19.1 Å². The second-order valence-electron chi connectivity index (χ2n) is 4.79. The number of hydrogen-bond acceptors (Lipinski definition) is 5. The number of carbonyl (C=O) groups excluding carboxylic acids is 2. The topological polar surface area (TPSA) is 89.0 Å². The highest BCUT2D eigenvalue weighted by Crippen LogP contribution is 2.36. The van der Waals surface area contributed by atoms with E-state index < -0.39 is 11.8 Å². The summed E-state index contributed by atoms with van der Waals surface area (Å²) in [7, 11) is 1.55. The summed E-state index contributed by atoms with van der Waals surface area (Å²) in [5.74, 6) is -0.435. The van der Waals surface area contributed by atoms with Crippen LogP contribution in [0.25, 0.3) is 0 Å². The fourth-order valence-electron chi connectivity index (χ4n) is 1.67. The van der Waals surface area contributed by atoms with Gasteiger partial charge in [0.05, 0.1) is 24.4 Å². The van der Waals surface area contributed by atoms with E-state index in [4.69, 9.17) is 9.47 Å². The zero-order valence-corrected chi connectivity index (χ0v) is 15.1. The molecule has 0 aliphatic rings. The Morgan fingerprint density at radius 2 is 2.04 bits per heavy atom. The molecule has 0 aromatic heterocycles. The summed E-state index contributed by atoms with van der Waals surface area (Å²) in [6.45, 7) is 5.87. The van der Waals surface area contributed by atoms with Crippen molar-refractivity contribution in [2.45, 2.75) is 26.8 Å². The molecule has 0 saturated carbocycles. The Hall–Kier alpha value is -2.09. The van der Waals surface area contributed by atoms with Gasteiger partial charge in [-0.15, -0.1) is 0 Å². The molecule has 0 aliphatic carbocycles. The molecule has 1 rings (SSSR count). The fourth-order valence-corrected chi connectivity index (χ4v) is 2.29. The highest BCUT2D eigenvalue weighted by atomic mass is 79.9. The molecule has 2 N–H and O–H groups in total. The van der Waals surface area contributed by atoms with Gasteiger partial charge in [-0.1, -0.05) is 0 Å². The van der Waals surface area contributed by atoms with Crippen LogP contribution in [-0.2, 0) is 9.59 Å². The molecule has 0 radical (unpaired) electrons. The van der Waals surface area contributed by atoms with Gasteiger partial charge in [0.1, 0.15) is 0 Å². The molecule has 0 heterocycles.